The molecule has 0 bridgehead atoms. The van der Waals surface area contributed by atoms with Crippen LogP contribution in [-0.4, -0.2) is 76.6 Å². The second kappa shape index (κ2) is 15.4. The fourth-order valence-electron chi connectivity index (χ4n) is 3.08. The molecule has 6 heteroatoms. The Hall–Kier alpha value is -0.850. The van der Waals surface area contributed by atoms with Gasteiger partial charge in [-0.15, -0.1) is 0 Å². The van der Waals surface area contributed by atoms with Gasteiger partial charge in [0.15, 0.2) is 5.96 Å². The summed E-state index contributed by atoms with van der Waals surface area (Å²) in [4.78, 5) is 7.25. The molecule has 25 heavy (non-hydrogen) atoms. The molecule has 148 valence electrons. The first-order valence-corrected chi connectivity index (χ1v) is 10.1. The Labute approximate surface area is 154 Å². The van der Waals surface area contributed by atoms with E-state index >= 15 is 0 Å². The number of methoxy groups -OCH3 is 1. The van der Waals surface area contributed by atoms with E-state index < -0.39 is 0 Å². The molecule has 1 atom stereocenters. The van der Waals surface area contributed by atoms with Crippen molar-refractivity contribution < 1.29 is 9.47 Å². The third-order valence-electron chi connectivity index (χ3n) is 4.60. The van der Waals surface area contributed by atoms with Crippen LogP contribution in [-0.2, 0) is 9.47 Å². The first-order valence-electron chi connectivity index (χ1n) is 10.1. The Balaban J connectivity index is 2.07. The highest BCUT2D eigenvalue weighted by atomic mass is 16.5. The van der Waals surface area contributed by atoms with Crippen LogP contribution >= 0.6 is 0 Å². The summed E-state index contributed by atoms with van der Waals surface area (Å²) in [7, 11) is 1.69. The third-order valence-corrected chi connectivity index (χ3v) is 4.60. The molecule has 0 aromatic heterocycles. The van der Waals surface area contributed by atoms with Crippen LogP contribution in [0.3, 0.4) is 0 Å². The minimum atomic E-state index is 0.656. The normalized spacial score (nSPS) is 19.2. The molecule has 0 aliphatic carbocycles. The predicted molar refractivity (Wildman–Crippen MR) is 105 cm³/mol. The monoisotopic (exact) mass is 356 g/mol. The van der Waals surface area contributed by atoms with Gasteiger partial charge < -0.3 is 25.0 Å². The molecular weight excluding hydrogens is 316 g/mol. The molecule has 1 aliphatic rings. The van der Waals surface area contributed by atoms with Crippen LogP contribution in [0.15, 0.2) is 4.99 Å². The Morgan fingerprint density at radius 2 is 2.00 bits per heavy atom. The quantitative estimate of drug-likeness (QED) is 0.301. The van der Waals surface area contributed by atoms with Crippen molar-refractivity contribution in [2.45, 2.75) is 58.4 Å². The minimum Gasteiger partial charge on any atom is -0.382 e. The fraction of sp³-hybridized carbons (Fsp3) is 0.947. The van der Waals surface area contributed by atoms with Gasteiger partial charge in [-0.25, -0.2) is 0 Å². The summed E-state index contributed by atoms with van der Waals surface area (Å²) < 4.78 is 10.4. The summed E-state index contributed by atoms with van der Waals surface area (Å²) in [6, 6.07) is 0.770. The number of guanidine groups is 1. The summed E-state index contributed by atoms with van der Waals surface area (Å²) in [6.07, 6.45) is 7.52. The van der Waals surface area contributed by atoms with Gasteiger partial charge in [0.25, 0.3) is 0 Å². The number of nitrogens with one attached hydrogen (secondary N) is 2. The smallest absolute Gasteiger partial charge is 0.191 e. The van der Waals surface area contributed by atoms with Crippen LogP contribution in [0.2, 0.25) is 0 Å². The molecule has 0 amide bonds. The molecule has 0 saturated carbocycles. The van der Waals surface area contributed by atoms with Crippen molar-refractivity contribution in [2.75, 3.05) is 59.7 Å². The highest BCUT2D eigenvalue weighted by molar-refractivity contribution is 5.79. The number of unbranched alkanes of at least 4 members (excludes halogenated alkanes) is 1. The summed E-state index contributed by atoms with van der Waals surface area (Å²) in [5.74, 6) is 0.922. The zero-order chi connectivity index (χ0) is 18.2. The lowest BCUT2D eigenvalue weighted by Gasteiger charge is -2.33. The summed E-state index contributed by atoms with van der Waals surface area (Å²) in [5, 5.41) is 6.75. The Morgan fingerprint density at radius 1 is 1.12 bits per heavy atom. The maximum absolute atomic E-state index is 5.46. The van der Waals surface area contributed by atoms with Crippen molar-refractivity contribution in [3.8, 4) is 0 Å². The van der Waals surface area contributed by atoms with E-state index in [1.54, 1.807) is 7.11 Å². The largest absolute Gasteiger partial charge is 0.382 e. The van der Waals surface area contributed by atoms with Crippen molar-refractivity contribution in [1.82, 2.24) is 15.5 Å². The lowest BCUT2D eigenvalue weighted by molar-refractivity contribution is 0.0702. The molecule has 1 fully saturated rings. The van der Waals surface area contributed by atoms with Crippen molar-refractivity contribution in [2.24, 2.45) is 4.99 Å². The molecule has 1 rings (SSSR count). The molecule has 1 unspecified atom stereocenters. The summed E-state index contributed by atoms with van der Waals surface area (Å²) in [6.45, 7) is 11.7. The Bertz CT molecular complexity index is 339. The molecule has 6 nitrogen and oxygen atoms in total. The van der Waals surface area contributed by atoms with E-state index in [4.69, 9.17) is 9.47 Å². The molecule has 0 radical (unpaired) electrons. The van der Waals surface area contributed by atoms with E-state index in [-0.39, 0.29) is 0 Å². The maximum Gasteiger partial charge on any atom is 0.191 e. The lowest BCUT2D eigenvalue weighted by atomic mass is 10.0. The number of aliphatic imine (C=N–C) groups is 1. The maximum atomic E-state index is 5.46. The van der Waals surface area contributed by atoms with Crippen LogP contribution in [0.1, 0.15) is 52.4 Å². The van der Waals surface area contributed by atoms with Gasteiger partial charge in [0.05, 0.1) is 13.2 Å². The van der Waals surface area contributed by atoms with Gasteiger partial charge in [0.2, 0.25) is 0 Å². The van der Waals surface area contributed by atoms with Gasteiger partial charge in [-0.3, -0.25) is 4.99 Å². The zero-order valence-electron chi connectivity index (χ0n) is 16.7. The molecule has 1 aliphatic heterocycles. The first kappa shape index (κ1) is 22.2. The van der Waals surface area contributed by atoms with Crippen LogP contribution < -0.4 is 10.6 Å². The SMILES string of the molecule is CCNC(=NCCCOCCOC)NCCCCN1CCCCC1C. The number of ether oxygens (including phenoxy) is 2. The Kier molecular flexibility index (Phi) is 13.7. The minimum absolute atomic E-state index is 0.656. The molecule has 0 aromatic rings. The first-order chi connectivity index (χ1) is 12.3. The highest BCUT2D eigenvalue weighted by Gasteiger charge is 2.16. The number of piperidine rings is 1. The van der Waals surface area contributed by atoms with Gasteiger partial charge in [0.1, 0.15) is 0 Å². The Morgan fingerprint density at radius 3 is 2.76 bits per heavy atom. The molecule has 0 spiro atoms. The second-order valence-corrected chi connectivity index (χ2v) is 6.73. The molecule has 2 N–H and O–H groups in total. The standard InChI is InChI=1S/C19H40N4O2/c1-4-20-19(22-12-9-15-25-17-16-24-3)21-11-6-8-14-23-13-7-5-10-18(23)2/h18H,4-17H2,1-3H3,(H2,20,21,22). The number of hydrogen-bond donors (Lipinski definition) is 2. The van der Waals surface area contributed by atoms with Crippen molar-refractivity contribution in [1.29, 1.82) is 0 Å². The average molecular weight is 357 g/mol. The molecule has 0 aromatic carbocycles. The number of likely N-dealkylation sites (tertiary alicyclic amines) is 1. The number of hydrogen-bond acceptors (Lipinski definition) is 4. The summed E-state index contributed by atoms with van der Waals surface area (Å²) in [5.41, 5.74) is 0. The molecular formula is C19H40N4O2. The van der Waals surface area contributed by atoms with Gasteiger partial charge in [-0.2, -0.15) is 0 Å². The topological polar surface area (TPSA) is 58.1 Å². The highest BCUT2D eigenvalue weighted by Crippen LogP contribution is 2.16. The van der Waals surface area contributed by atoms with Gasteiger partial charge in [-0.05, 0) is 59.0 Å². The zero-order valence-corrected chi connectivity index (χ0v) is 16.7. The third kappa shape index (κ3) is 11.4. The van der Waals surface area contributed by atoms with Crippen LogP contribution in [0.5, 0.6) is 0 Å². The molecule has 1 saturated heterocycles. The van der Waals surface area contributed by atoms with Crippen molar-refractivity contribution >= 4 is 5.96 Å². The molecule has 1 heterocycles. The van der Waals surface area contributed by atoms with E-state index in [9.17, 15) is 0 Å². The van der Waals surface area contributed by atoms with Crippen molar-refractivity contribution in [3.63, 3.8) is 0 Å². The van der Waals surface area contributed by atoms with Gasteiger partial charge in [-0.1, -0.05) is 6.42 Å². The fourth-order valence-corrected chi connectivity index (χ4v) is 3.08. The van der Waals surface area contributed by atoms with E-state index in [2.05, 4.69) is 34.4 Å². The lowest BCUT2D eigenvalue weighted by Crippen LogP contribution is -2.39. The van der Waals surface area contributed by atoms with E-state index in [0.717, 1.165) is 44.7 Å². The van der Waals surface area contributed by atoms with E-state index in [0.29, 0.717) is 13.2 Å². The van der Waals surface area contributed by atoms with E-state index in [1.807, 2.05) is 0 Å². The van der Waals surface area contributed by atoms with Gasteiger partial charge >= 0.3 is 0 Å². The van der Waals surface area contributed by atoms with Crippen LogP contribution in [0, 0.1) is 0 Å². The van der Waals surface area contributed by atoms with Crippen molar-refractivity contribution in [3.05, 3.63) is 0 Å². The van der Waals surface area contributed by atoms with Gasteiger partial charge in [0, 0.05) is 39.4 Å². The average Bonchev–Trinajstić information content (AvgIpc) is 2.62. The predicted octanol–water partition coefficient (Wildman–Crippen LogP) is 2.25. The number of rotatable bonds is 13. The van der Waals surface area contributed by atoms with E-state index in [1.165, 1.54) is 45.2 Å². The van der Waals surface area contributed by atoms with Crippen LogP contribution in [0.4, 0.5) is 0 Å². The summed E-state index contributed by atoms with van der Waals surface area (Å²) >= 11 is 0. The number of nitrogens with zero attached hydrogens (tertiary/aromatic N) is 2. The van der Waals surface area contributed by atoms with Crippen LogP contribution in [0.25, 0.3) is 0 Å². The second-order valence-electron chi connectivity index (χ2n) is 6.73.